The van der Waals surface area contributed by atoms with E-state index < -0.39 is 0 Å². The molecule has 1 aliphatic rings. The Morgan fingerprint density at radius 1 is 1.07 bits per heavy atom. The van der Waals surface area contributed by atoms with E-state index in [0.29, 0.717) is 26.2 Å². The van der Waals surface area contributed by atoms with Crippen LogP contribution in [0, 0.1) is 13.8 Å². The zero-order chi connectivity index (χ0) is 20.4. The standard InChI is InChI=1S/C19H22N8O2/c1-14-15(2)26(13-22-14)17-10-16(20-12-21-17)24-6-8-25(9-7-24)19(29)11-27-18(28)4-3-5-23-27/h3-5,10,12-13H,6-9,11H2,1-2H3. The molecule has 0 unspecified atom stereocenters. The minimum Gasteiger partial charge on any atom is -0.353 e. The number of hydrogen-bond acceptors (Lipinski definition) is 7. The summed E-state index contributed by atoms with van der Waals surface area (Å²) in [6, 6.07) is 4.89. The van der Waals surface area contributed by atoms with Gasteiger partial charge in [-0.05, 0) is 19.9 Å². The van der Waals surface area contributed by atoms with Crippen LogP contribution < -0.4 is 10.5 Å². The van der Waals surface area contributed by atoms with Gasteiger partial charge in [0.15, 0.2) is 0 Å². The van der Waals surface area contributed by atoms with E-state index in [1.165, 1.54) is 16.9 Å². The van der Waals surface area contributed by atoms with E-state index in [9.17, 15) is 9.59 Å². The smallest absolute Gasteiger partial charge is 0.267 e. The topological polar surface area (TPSA) is 102 Å². The zero-order valence-corrected chi connectivity index (χ0v) is 16.4. The highest BCUT2D eigenvalue weighted by Crippen LogP contribution is 2.18. The summed E-state index contributed by atoms with van der Waals surface area (Å²) in [4.78, 5) is 41.2. The first-order valence-electron chi connectivity index (χ1n) is 9.41. The Morgan fingerprint density at radius 2 is 1.83 bits per heavy atom. The van der Waals surface area contributed by atoms with Crippen molar-refractivity contribution in [2.45, 2.75) is 20.4 Å². The molecule has 10 nitrogen and oxygen atoms in total. The molecule has 29 heavy (non-hydrogen) atoms. The molecule has 1 fully saturated rings. The second kappa shape index (κ2) is 7.82. The van der Waals surface area contributed by atoms with Crippen molar-refractivity contribution in [3.8, 4) is 5.82 Å². The summed E-state index contributed by atoms with van der Waals surface area (Å²) < 4.78 is 3.12. The molecule has 150 valence electrons. The maximum absolute atomic E-state index is 12.5. The lowest BCUT2D eigenvalue weighted by Gasteiger charge is -2.35. The Morgan fingerprint density at radius 3 is 2.52 bits per heavy atom. The van der Waals surface area contributed by atoms with Crippen LogP contribution >= 0.6 is 0 Å². The minimum atomic E-state index is -0.280. The van der Waals surface area contributed by atoms with Crippen molar-refractivity contribution in [1.29, 1.82) is 0 Å². The molecule has 0 aromatic carbocycles. The molecule has 1 aliphatic heterocycles. The molecule has 0 N–H and O–H groups in total. The third-order valence-electron chi connectivity index (χ3n) is 5.16. The lowest BCUT2D eigenvalue weighted by molar-refractivity contribution is -0.132. The lowest BCUT2D eigenvalue weighted by Crippen LogP contribution is -2.50. The van der Waals surface area contributed by atoms with Crippen LogP contribution in [0.5, 0.6) is 0 Å². The van der Waals surface area contributed by atoms with E-state index >= 15 is 0 Å². The average molecular weight is 394 g/mol. The van der Waals surface area contributed by atoms with Crippen molar-refractivity contribution in [3.05, 3.63) is 58.8 Å². The molecule has 1 saturated heterocycles. The summed E-state index contributed by atoms with van der Waals surface area (Å²) in [6.45, 7) is 6.34. The Hall–Kier alpha value is -3.56. The first-order valence-corrected chi connectivity index (χ1v) is 9.41. The van der Waals surface area contributed by atoms with Crippen LogP contribution in [0.25, 0.3) is 5.82 Å². The van der Waals surface area contributed by atoms with Gasteiger partial charge >= 0.3 is 0 Å². The SMILES string of the molecule is Cc1ncn(-c2cc(N3CCN(C(=O)Cn4ncccc4=O)CC3)ncn2)c1C. The number of amides is 1. The Balaban J connectivity index is 1.41. The highest BCUT2D eigenvalue weighted by atomic mass is 16.2. The zero-order valence-electron chi connectivity index (χ0n) is 16.4. The van der Waals surface area contributed by atoms with Crippen molar-refractivity contribution in [2.75, 3.05) is 31.1 Å². The number of carbonyl (C=O) groups is 1. The second-order valence-electron chi connectivity index (χ2n) is 6.91. The molecular formula is C19H22N8O2. The van der Waals surface area contributed by atoms with Crippen LogP contribution in [0.1, 0.15) is 11.4 Å². The highest BCUT2D eigenvalue weighted by Gasteiger charge is 2.23. The summed E-state index contributed by atoms with van der Waals surface area (Å²) in [5.74, 6) is 1.47. The molecule has 3 aromatic rings. The first kappa shape index (κ1) is 18.8. The molecule has 0 aliphatic carbocycles. The number of aryl methyl sites for hydroxylation is 1. The third kappa shape index (κ3) is 3.86. The molecule has 0 bridgehead atoms. The summed E-state index contributed by atoms with van der Waals surface area (Å²) in [5.41, 5.74) is 1.72. The van der Waals surface area contributed by atoms with E-state index in [2.05, 4.69) is 25.0 Å². The van der Waals surface area contributed by atoms with Gasteiger partial charge in [-0.2, -0.15) is 5.10 Å². The lowest BCUT2D eigenvalue weighted by atomic mass is 10.3. The molecule has 3 aromatic heterocycles. The summed E-state index contributed by atoms with van der Waals surface area (Å²) in [5, 5.41) is 3.94. The molecule has 4 rings (SSSR count). The molecule has 1 amide bonds. The van der Waals surface area contributed by atoms with Crippen LogP contribution in [0.15, 0.2) is 41.8 Å². The average Bonchev–Trinajstić information content (AvgIpc) is 3.08. The Kier molecular flexibility index (Phi) is 5.07. The maximum atomic E-state index is 12.5. The number of hydrogen-bond donors (Lipinski definition) is 0. The summed E-state index contributed by atoms with van der Waals surface area (Å²) >= 11 is 0. The van der Waals surface area contributed by atoms with Gasteiger partial charge in [0.25, 0.3) is 5.56 Å². The number of aromatic nitrogens is 6. The van der Waals surface area contributed by atoms with Gasteiger partial charge in [-0.15, -0.1) is 0 Å². The molecular weight excluding hydrogens is 372 g/mol. The predicted octanol–water partition coefficient (Wildman–Crippen LogP) is 0.185. The van der Waals surface area contributed by atoms with E-state index in [-0.39, 0.29) is 18.0 Å². The van der Waals surface area contributed by atoms with Gasteiger partial charge in [0.1, 0.15) is 30.8 Å². The fourth-order valence-electron chi connectivity index (χ4n) is 3.29. The molecule has 0 spiro atoms. The van der Waals surface area contributed by atoms with Gasteiger partial charge in [-0.1, -0.05) is 0 Å². The van der Waals surface area contributed by atoms with Gasteiger partial charge in [0.05, 0.1) is 5.69 Å². The number of piperazine rings is 1. The van der Waals surface area contributed by atoms with Gasteiger partial charge in [-0.25, -0.2) is 19.6 Å². The molecule has 0 radical (unpaired) electrons. The fraction of sp³-hybridized carbons (Fsp3) is 0.368. The molecule has 0 atom stereocenters. The van der Waals surface area contributed by atoms with Crippen molar-refractivity contribution < 1.29 is 4.79 Å². The van der Waals surface area contributed by atoms with Crippen LogP contribution in [-0.2, 0) is 11.3 Å². The van der Waals surface area contributed by atoms with Gasteiger partial charge < -0.3 is 9.80 Å². The van der Waals surface area contributed by atoms with Crippen LogP contribution in [0.2, 0.25) is 0 Å². The van der Waals surface area contributed by atoms with Crippen molar-refractivity contribution >= 4 is 11.7 Å². The fourth-order valence-corrected chi connectivity index (χ4v) is 3.29. The van der Waals surface area contributed by atoms with E-state index in [0.717, 1.165) is 23.0 Å². The maximum Gasteiger partial charge on any atom is 0.267 e. The number of anilines is 1. The number of carbonyl (C=O) groups excluding carboxylic acids is 1. The number of imidazole rings is 1. The van der Waals surface area contributed by atoms with Gasteiger partial charge in [0, 0.05) is 50.2 Å². The largest absolute Gasteiger partial charge is 0.353 e. The Labute approximate surface area is 167 Å². The minimum absolute atomic E-state index is 0.0451. The molecule has 4 heterocycles. The van der Waals surface area contributed by atoms with Crippen LogP contribution in [0.4, 0.5) is 5.82 Å². The Bertz CT molecular complexity index is 1080. The monoisotopic (exact) mass is 394 g/mol. The van der Waals surface area contributed by atoms with Crippen LogP contribution in [0.3, 0.4) is 0 Å². The van der Waals surface area contributed by atoms with Gasteiger partial charge in [-0.3, -0.25) is 14.2 Å². The second-order valence-corrected chi connectivity index (χ2v) is 6.91. The number of rotatable bonds is 4. The third-order valence-corrected chi connectivity index (χ3v) is 5.16. The highest BCUT2D eigenvalue weighted by molar-refractivity contribution is 5.76. The first-order chi connectivity index (χ1) is 14.0. The number of nitrogens with zero attached hydrogens (tertiary/aromatic N) is 8. The van der Waals surface area contributed by atoms with Crippen molar-refractivity contribution in [3.63, 3.8) is 0 Å². The molecule has 10 heteroatoms. The predicted molar refractivity (Wildman–Crippen MR) is 106 cm³/mol. The van der Waals surface area contributed by atoms with E-state index in [4.69, 9.17) is 0 Å². The van der Waals surface area contributed by atoms with Crippen LogP contribution in [-0.4, -0.2) is 66.3 Å². The van der Waals surface area contributed by atoms with E-state index in [1.807, 2.05) is 24.5 Å². The van der Waals surface area contributed by atoms with Crippen molar-refractivity contribution in [2.24, 2.45) is 0 Å². The quantitative estimate of drug-likeness (QED) is 0.622. The van der Waals surface area contributed by atoms with Gasteiger partial charge in [0.2, 0.25) is 5.91 Å². The van der Waals surface area contributed by atoms with Crippen molar-refractivity contribution in [1.82, 2.24) is 34.2 Å². The summed E-state index contributed by atoms with van der Waals surface area (Å²) in [7, 11) is 0. The van der Waals surface area contributed by atoms with E-state index in [1.54, 1.807) is 23.6 Å². The normalized spacial score (nSPS) is 14.3. The summed E-state index contributed by atoms with van der Waals surface area (Å²) in [6.07, 6.45) is 4.81. The molecule has 0 saturated carbocycles.